The quantitative estimate of drug-likeness (QED) is 0.455. The summed E-state index contributed by atoms with van der Waals surface area (Å²) in [5, 5.41) is 9.66. The molecule has 0 aliphatic rings. The van der Waals surface area contributed by atoms with Crippen molar-refractivity contribution in [2.24, 2.45) is 0 Å². The van der Waals surface area contributed by atoms with E-state index in [4.69, 9.17) is 16.9 Å². The van der Waals surface area contributed by atoms with Crippen LogP contribution < -0.4 is 21.7 Å². The molecule has 3 aromatic rings. The number of rotatable bonds is 6. The van der Waals surface area contributed by atoms with Gasteiger partial charge in [0.05, 0.1) is 0 Å². The molecule has 3 amide bonds. The summed E-state index contributed by atoms with van der Waals surface area (Å²) in [6.45, 7) is 2.43. The highest BCUT2D eigenvalue weighted by atomic mass is 16.5. The Kier molecular flexibility index (Phi) is 6.85. The molecule has 2 heterocycles. The van der Waals surface area contributed by atoms with Gasteiger partial charge in [-0.15, -0.1) is 6.42 Å². The number of pyridine rings is 2. The zero-order chi connectivity index (χ0) is 22.2. The van der Waals surface area contributed by atoms with Gasteiger partial charge in [0.2, 0.25) is 0 Å². The van der Waals surface area contributed by atoms with Crippen molar-refractivity contribution in [1.82, 2.24) is 20.6 Å². The number of nitrogens with zero attached hydrogens (tertiary/aromatic N) is 2. The van der Waals surface area contributed by atoms with E-state index in [0.717, 1.165) is 27.5 Å². The van der Waals surface area contributed by atoms with Gasteiger partial charge >= 0.3 is 12.1 Å². The predicted molar refractivity (Wildman–Crippen MR) is 119 cm³/mol. The van der Waals surface area contributed by atoms with Gasteiger partial charge in [0, 0.05) is 30.9 Å². The van der Waals surface area contributed by atoms with E-state index in [0.29, 0.717) is 18.2 Å². The summed E-state index contributed by atoms with van der Waals surface area (Å²) in [7, 11) is 0. The Morgan fingerprint density at radius 1 is 1.16 bits per heavy atom. The van der Waals surface area contributed by atoms with Crippen LogP contribution in [0.4, 0.5) is 21.2 Å². The lowest BCUT2D eigenvalue weighted by atomic mass is 9.96. The molecule has 158 valence electrons. The van der Waals surface area contributed by atoms with Crippen molar-refractivity contribution in [1.29, 1.82) is 0 Å². The summed E-state index contributed by atoms with van der Waals surface area (Å²) in [6.07, 6.45) is 7.76. The summed E-state index contributed by atoms with van der Waals surface area (Å²) in [5.74, 6) is 3.02. The number of carbonyl (C=O) groups is 2. The van der Waals surface area contributed by atoms with Crippen molar-refractivity contribution in [2.45, 2.75) is 13.5 Å². The average molecular weight is 418 g/mol. The number of nitrogens with two attached hydrogens (primary N) is 1. The Balaban J connectivity index is 2.01. The van der Waals surface area contributed by atoms with Crippen LogP contribution in [0.2, 0.25) is 0 Å². The zero-order valence-corrected chi connectivity index (χ0v) is 16.9. The Morgan fingerprint density at radius 2 is 2.00 bits per heavy atom. The van der Waals surface area contributed by atoms with Gasteiger partial charge < -0.3 is 21.1 Å². The van der Waals surface area contributed by atoms with E-state index in [1.165, 1.54) is 0 Å². The van der Waals surface area contributed by atoms with Gasteiger partial charge in [-0.3, -0.25) is 5.32 Å². The number of aromatic nitrogens is 2. The minimum Gasteiger partial charge on any atom is -0.436 e. The van der Waals surface area contributed by atoms with Crippen molar-refractivity contribution < 1.29 is 14.3 Å². The van der Waals surface area contributed by atoms with Crippen LogP contribution in [-0.4, -0.2) is 35.2 Å². The van der Waals surface area contributed by atoms with Crippen LogP contribution in [0.5, 0.6) is 0 Å². The summed E-state index contributed by atoms with van der Waals surface area (Å²) < 4.78 is 4.84. The molecule has 0 spiro atoms. The van der Waals surface area contributed by atoms with Crippen LogP contribution in [0.15, 0.2) is 42.7 Å². The fraction of sp³-hybridized carbons (Fsp3) is 0.182. The lowest BCUT2D eigenvalue weighted by Crippen LogP contribution is -2.28. The third kappa shape index (κ3) is 5.39. The van der Waals surface area contributed by atoms with Gasteiger partial charge in [0.1, 0.15) is 11.6 Å². The normalized spacial score (nSPS) is 10.2. The first-order chi connectivity index (χ1) is 15.0. The lowest BCUT2D eigenvalue weighted by molar-refractivity contribution is 0.159. The van der Waals surface area contributed by atoms with E-state index < -0.39 is 6.09 Å². The molecule has 0 saturated heterocycles. The summed E-state index contributed by atoms with van der Waals surface area (Å²) in [4.78, 5) is 32.0. The van der Waals surface area contributed by atoms with Crippen LogP contribution in [-0.2, 0) is 11.3 Å². The van der Waals surface area contributed by atoms with Crippen LogP contribution in [0.25, 0.3) is 21.9 Å². The topological polar surface area (TPSA) is 131 Å². The second-order valence-electron chi connectivity index (χ2n) is 6.48. The van der Waals surface area contributed by atoms with E-state index in [1.54, 1.807) is 24.5 Å². The molecule has 9 nitrogen and oxygen atoms in total. The Hall–Kier alpha value is -4.32. The Morgan fingerprint density at radius 3 is 2.74 bits per heavy atom. The molecule has 0 radical (unpaired) electrons. The maximum atomic E-state index is 11.9. The van der Waals surface area contributed by atoms with Gasteiger partial charge in [-0.05, 0) is 47.2 Å². The summed E-state index contributed by atoms with van der Waals surface area (Å²) in [6, 6.07) is 8.83. The molecule has 0 atom stereocenters. The fourth-order valence-corrected chi connectivity index (χ4v) is 3.03. The maximum absolute atomic E-state index is 11.9. The molecule has 0 aliphatic carbocycles. The number of urea groups is 1. The highest BCUT2D eigenvalue weighted by molar-refractivity contribution is 6.01. The Labute approximate surface area is 179 Å². The van der Waals surface area contributed by atoms with Crippen molar-refractivity contribution in [3.05, 3.63) is 48.3 Å². The van der Waals surface area contributed by atoms with Gasteiger partial charge in [0.15, 0.2) is 6.61 Å². The molecule has 1 aromatic carbocycles. The number of fused-ring (bicyclic) bond motifs is 1. The molecular formula is C22H22N6O3. The number of alkyl carbamates (subject to hydrolysis) is 1. The highest BCUT2D eigenvalue weighted by Gasteiger charge is 2.12. The maximum Gasteiger partial charge on any atom is 0.408 e. The minimum atomic E-state index is -0.612. The SMILES string of the molecule is C#CCOC(=O)NCc1ccc(-c2ccnc(N)c2)c2cc(NC(=O)NCC)ncc12. The van der Waals surface area contributed by atoms with Crippen molar-refractivity contribution in [3.8, 4) is 23.5 Å². The smallest absolute Gasteiger partial charge is 0.408 e. The Bertz CT molecular complexity index is 1160. The number of hydrogen-bond acceptors (Lipinski definition) is 6. The van der Waals surface area contributed by atoms with Gasteiger partial charge in [-0.2, -0.15) is 0 Å². The first-order valence-electron chi connectivity index (χ1n) is 9.54. The first kappa shape index (κ1) is 21.4. The third-order valence-corrected chi connectivity index (χ3v) is 4.37. The molecule has 31 heavy (non-hydrogen) atoms. The summed E-state index contributed by atoms with van der Waals surface area (Å²) in [5.41, 5.74) is 8.41. The minimum absolute atomic E-state index is 0.106. The third-order valence-electron chi connectivity index (χ3n) is 4.37. The number of amides is 3. The van der Waals surface area contributed by atoms with Crippen LogP contribution in [0.1, 0.15) is 12.5 Å². The second kappa shape index (κ2) is 9.93. The van der Waals surface area contributed by atoms with Gasteiger partial charge in [-0.1, -0.05) is 18.1 Å². The number of hydrogen-bond donors (Lipinski definition) is 4. The standard InChI is InChI=1S/C22H22N6O3/c1-3-9-31-22(30)27-12-15-5-6-16(14-7-8-25-19(23)10-14)17-11-20(26-13-18(15)17)28-21(29)24-4-2/h1,5-8,10-11,13H,4,9,12H2,2H3,(H2,23,25)(H,27,30)(H2,24,26,28,29). The fourth-order valence-electron chi connectivity index (χ4n) is 3.03. The predicted octanol–water partition coefficient (Wildman–Crippen LogP) is 2.88. The molecule has 5 N–H and O–H groups in total. The first-order valence-corrected chi connectivity index (χ1v) is 9.54. The van der Waals surface area contributed by atoms with Gasteiger partial charge in [0.25, 0.3) is 0 Å². The average Bonchev–Trinajstić information content (AvgIpc) is 2.76. The number of anilines is 2. The van der Waals surface area contributed by atoms with Crippen LogP contribution in [0, 0.1) is 12.3 Å². The molecule has 2 aromatic heterocycles. The van der Waals surface area contributed by atoms with Crippen molar-refractivity contribution in [3.63, 3.8) is 0 Å². The monoisotopic (exact) mass is 418 g/mol. The highest BCUT2D eigenvalue weighted by Crippen LogP contribution is 2.32. The molecule has 9 heteroatoms. The molecule has 0 fully saturated rings. The number of terminal acetylenes is 1. The number of benzene rings is 1. The van der Waals surface area contributed by atoms with Crippen LogP contribution >= 0.6 is 0 Å². The molecule has 3 rings (SSSR count). The van der Waals surface area contributed by atoms with E-state index in [9.17, 15) is 9.59 Å². The van der Waals surface area contributed by atoms with Crippen molar-refractivity contribution >= 4 is 34.5 Å². The van der Waals surface area contributed by atoms with Crippen molar-refractivity contribution in [2.75, 3.05) is 24.2 Å². The molecule has 0 saturated carbocycles. The van der Waals surface area contributed by atoms with E-state index in [1.807, 2.05) is 25.1 Å². The largest absolute Gasteiger partial charge is 0.436 e. The number of carbonyl (C=O) groups excluding carboxylic acids is 2. The van der Waals surface area contributed by atoms with Crippen LogP contribution in [0.3, 0.4) is 0 Å². The zero-order valence-electron chi connectivity index (χ0n) is 16.9. The van der Waals surface area contributed by atoms with E-state index >= 15 is 0 Å². The van der Waals surface area contributed by atoms with E-state index in [2.05, 4.69) is 31.8 Å². The second-order valence-corrected chi connectivity index (χ2v) is 6.48. The number of ether oxygens (including phenoxy) is 1. The summed E-state index contributed by atoms with van der Waals surface area (Å²) >= 11 is 0. The molecule has 0 aliphatic heterocycles. The molecule has 0 unspecified atom stereocenters. The number of nitrogens with one attached hydrogen (secondary N) is 3. The lowest BCUT2D eigenvalue weighted by Gasteiger charge is -2.14. The molecule has 0 bridgehead atoms. The number of nitrogen functional groups attached to an aromatic ring is 1. The molecular weight excluding hydrogens is 396 g/mol. The van der Waals surface area contributed by atoms with E-state index in [-0.39, 0.29) is 19.2 Å². The van der Waals surface area contributed by atoms with Gasteiger partial charge in [-0.25, -0.2) is 19.6 Å².